The summed E-state index contributed by atoms with van der Waals surface area (Å²) < 4.78 is 10.8. The van der Waals surface area contributed by atoms with E-state index in [0.717, 1.165) is 0 Å². The van der Waals surface area contributed by atoms with Crippen molar-refractivity contribution in [1.82, 2.24) is 0 Å². The topological polar surface area (TPSA) is 146 Å². The third-order valence-corrected chi connectivity index (χ3v) is 3.56. The van der Waals surface area contributed by atoms with Crippen LogP contribution >= 0.6 is 7.60 Å². The van der Waals surface area contributed by atoms with E-state index in [9.17, 15) is 14.3 Å². The van der Waals surface area contributed by atoms with Gasteiger partial charge in [-0.25, -0.2) is 0 Å². The lowest BCUT2D eigenvalue weighted by Gasteiger charge is -2.32. The summed E-state index contributed by atoms with van der Waals surface area (Å²) >= 11 is 0. The zero-order chi connectivity index (χ0) is 10.1. The maximum Gasteiger partial charge on any atom is 0.313 e. The zero-order valence-corrected chi connectivity index (χ0v) is 8.31. The summed E-state index contributed by atoms with van der Waals surface area (Å²) in [5.74, 6) is -3.35. The van der Waals surface area contributed by atoms with Crippen LogP contribution in [0.2, 0.25) is 0 Å². The first-order chi connectivity index (χ1) is 5.93. The minimum atomic E-state index is -4.54. The molecule has 1 heterocycles. The molecule has 1 fully saturated rings. The van der Waals surface area contributed by atoms with E-state index >= 15 is 0 Å². The fourth-order valence-corrected chi connectivity index (χ4v) is 2.74. The Morgan fingerprint density at radius 2 is 2.14 bits per heavy atom. The second kappa shape index (κ2) is 4.86. The normalized spacial score (nSPS) is 31.3. The lowest BCUT2D eigenvalue weighted by atomic mass is 10.00. The second-order valence-corrected chi connectivity index (χ2v) is 4.89. The Hall–Kier alpha value is -0.460. The molecule has 1 unspecified atom stereocenters. The van der Waals surface area contributed by atoms with E-state index in [2.05, 4.69) is 0 Å². The van der Waals surface area contributed by atoms with Crippen LogP contribution in [0.15, 0.2) is 0 Å². The number of hydrogen-bond acceptors (Lipinski definition) is 3. The lowest BCUT2D eigenvalue weighted by Crippen LogP contribution is -2.93. The number of hydrogen-bond donors (Lipinski definition) is 3. The molecule has 3 atom stereocenters. The van der Waals surface area contributed by atoms with E-state index < -0.39 is 25.3 Å². The number of quaternary nitrogens is 1. The van der Waals surface area contributed by atoms with Crippen LogP contribution in [0.3, 0.4) is 0 Å². The van der Waals surface area contributed by atoms with E-state index in [-0.39, 0.29) is 5.48 Å². The molecule has 7 nitrogen and oxygen atoms in total. The number of carbonyl (C=O) groups is 1. The molecule has 0 aromatic rings. The quantitative estimate of drug-likeness (QED) is 0.433. The summed E-state index contributed by atoms with van der Waals surface area (Å²) in [7, 11) is -4.54. The molecule has 84 valence electrons. The Morgan fingerprint density at radius 1 is 1.57 bits per heavy atom. The molecule has 0 spiro atoms. The van der Waals surface area contributed by atoms with Crippen LogP contribution in [0.1, 0.15) is 12.8 Å². The van der Waals surface area contributed by atoms with Crippen LogP contribution in [0, 0.1) is 5.92 Å². The fraction of sp³-hybridized carbons (Fsp3) is 0.833. The minimum absolute atomic E-state index is 0. The van der Waals surface area contributed by atoms with Crippen molar-refractivity contribution in [1.29, 1.82) is 0 Å². The van der Waals surface area contributed by atoms with Crippen LogP contribution in [-0.2, 0) is 9.36 Å². The first kappa shape index (κ1) is 13.5. The van der Waals surface area contributed by atoms with Gasteiger partial charge in [0.2, 0.25) is 0 Å². The maximum atomic E-state index is 10.8. The van der Waals surface area contributed by atoms with Gasteiger partial charge in [-0.15, -0.1) is 0 Å². The molecule has 1 saturated heterocycles. The van der Waals surface area contributed by atoms with E-state index in [4.69, 9.17) is 10.00 Å². The van der Waals surface area contributed by atoms with Crippen molar-refractivity contribution in [2.45, 2.75) is 18.6 Å². The highest BCUT2D eigenvalue weighted by Crippen LogP contribution is 2.38. The number of nitrogens with two attached hydrogens (primary N) is 1. The molecule has 0 saturated carbocycles. The summed E-state index contributed by atoms with van der Waals surface area (Å²) in [6, 6.07) is 0. The predicted octanol–water partition coefficient (Wildman–Crippen LogP) is -2.91. The van der Waals surface area contributed by atoms with Crippen molar-refractivity contribution in [3.8, 4) is 0 Å². The molecule has 0 bridgehead atoms. The molecular formula is C6H14NO6P. The molecule has 0 radical (unpaired) electrons. The Bertz CT molecular complexity index is 251. The number of piperidine rings is 1. The van der Waals surface area contributed by atoms with Gasteiger partial charge in [0, 0.05) is 0 Å². The van der Waals surface area contributed by atoms with Crippen molar-refractivity contribution in [2.24, 2.45) is 5.92 Å². The molecule has 14 heavy (non-hydrogen) atoms. The average Bonchev–Trinajstić information content (AvgIpc) is 2.03. The van der Waals surface area contributed by atoms with Gasteiger partial charge in [-0.1, -0.05) is 0 Å². The van der Waals surface area contributed by atoms with Gasteiger partial charge in [0.1, 0.15) is 5.92 Å². The van der Waals surface area contributed by atoms with Gasteiger partial charge in [-0.3, -0.25) is 4.79 Å². The average molecular weight is 227 g/mol. The third-order valence-electron chi connectivity index (χ3n) is 2.23. The molecule has 0 aliphatic carbocycles. The number of carboxylic acid groups (broad SMARTS) is 1. The van der Waals surface area contributed by atoms with Crippen molar-refractivity contribution in [3.63, 3.8) is 0 Å². The Balaban J connectivity index is 0.00000169. The Kier molecular flexibility index (Phi) is 4.70. The second-order valence-electron chi connectivity index (χ2n) is 3.17. The molecule has 8 heteroatoms. The van der Waals surface area contributed by atoms with Gasteiger partial charge < -0.3 is 30.3 Å². The molecule has 0 amide bonds. The first-order valence-corrected chi connectivity index (χ1v) is 5.67. The Labute approximate surface area is 80.6 Å². The smallest absolute Gasteiger partial charge is 0.313 e. The highest BCUT2D eigenvalue weighted by molar-refractivity contribution is 7.50. The van der Waals surface area contributed by atoms with Crippen molar-refractivity contribution in [3.05, 3.63) is 0 Å². The van der Waals surface area contributed by atoms with Crippen LogP contribution < -0.4 is 10.2 Å². The maximum absolute atomic E-state index is 10.8. The van der Waals surface area contributed by atoms with Gasteiger partial charge in [0.25, 0.3) is 0 Å². The van der Waals surface area contributed by atoms with Crippen molar-refractivity contribution in [2.75, 3.05) is 6.54 Å². The van der Waals surface area contributed by atoms with Crippen LogP contribution in [0.4, 0.5) is 0 Å². The molecule has 1 aliphatic rings. The predicted molar refractivity (Wildman–Crippen MR) is 44.4 cm³/mol. The van der Waals surface area contributed by atoms with Gasteiger partial charge >= 0.3 is 5.97 Å². The largest absolute Gasteiger partial charge is 0.774 e. The summed E-state index contributed by atoms with van der Waals surface area (Å²) in [6.07, 6.45) is 0.969. The minimum Gasteiger partial charge on any atom is -0.774 e. The molecule has 1 aliphatic heterocycles. The SMILES string of the molecule is O.O=C(O)[C@@H]1CCC[NH2+][C@@H]1P(=O)([O-])O. The summed E-state index contributed by atoms with van der Waals surface area (Å²) in [5, 5.41) is 10.1. The van der Waals surface area contributed by atoms with Gasteiger partial charge in [-0.05, 0) is 12.8 Å². The lowest BCUT2D eigenvalue weighted by molar-refractivity contribution is -0.687. The van der Waals surface area contributed by atoms with Gasteiger partial charge in [-0.2, -0.15) is 0 Å². The molecule has 0 aromatic heterocycles. The zero-order valence-electron chi connectivity index (χ0n) is 7.42. The van der Waals surface area contributed by atoms with E-state index in [1.165, 1.54) is 5.32 Å². The molecule has 1 rings (SSSR count). The first-order valence-electron chi connectivity index (χ1n) is 4.02. The monoisotopic (exact) mass is 227 g/mol. The highest BCUT2D eigenvalue weighted by atomic mass is 31.2. The summed E-state index contributed by atoms with van der Waals surface area (Å²) in [6.45, 7) is 0.543. The van der Waals surface area contributed by atoms with E-state index in [1.807, 2.05) is 0 Å². The molecule has 6 N–H and O–H groups in total. The van der Waals surface area contributed by atoms with Crippen LogP contribution in [-0.4, -0.2) is 33.8 Å². The van der Waals surface area contributed by atoms with E-state index in [0.29, 0.717) is 19.4 Å². The molecular weight excluding hydrogens is 213 g/mol. The highest BCUT2D eigenvalue weighted by Gasteiger charge is 2.40. The summed E-state index contributed by atoms with van der Waals surface area (Å²) in [4.78, 5) is 30.2. The van der Waals surface area contributed by atoms with Crippen LogP contribution in [0.25, 0.3) is 0 Å². The number of aliphatic carboxylic acids is 1. The van der Waals surface area contributed by atoms with Crippen molar-refractivity contribution >= 4 is 13.6 Å². The number of carboxylic acids is 1. The van der Waals surface area contributed by atoms with Crippen molar-refractivity contribution < 1.29 is 35.0 Å². The fourth-order valence-electron chi connectivity index (χ4n) is 1.59. The molecule has 0 aromatic carbocycles. The van der Waals surface area contributed by atoms with Gasteiger partial charge in [0.15, 0.2) is 13.4 Å². The Morgan fingerprint density at radius 3 is 2.50 bits per heavy atom. The standard InChI is InChI=1S/C6H12NO5P.H2O/c8-6(9)4-2-1-3-7-5(4)13(10,11)12;/h4-5,7H,1-3H2,(H,8,9)(H2,10,11,12);1H2/t4-,5-;/m1./s1. The van der Waals surface area contributed by atoms with Crippen LogP contribution in [0.5, 0.6) is 0 Å². The van der Waals surface area contributed by atoms with Gasteiger partial charge in [0.05, 0.1) is 6.54 Å². The summed E-state index contributed by atoms with van der Waals surface area (Å²) in [5.41, 5.74) is 0. The van der Waals surface area contributed by atoms with E-state index in [1.54, 1.807) is 0 Å². The number of rotatable bonds is 2. The third kappa shape index (κ3) is 3.04.